The van der Waals surface area contributed by atoms with Crippen LogP contribution in [0, 0.1) is 0 Å². The van der Waals surface area contributed by atoms with Gasteiger partial charge in [0.1, 0.15) is 5.75 Å². The number of hydrogen-bond donors (Lipinski definition) is 1. The monoisotopic (exact) mass is 351 g/mol. The van der Waals surface area contributed by atoms with Crippen LogP contribution in [0.3, 0.4) is 0 Å². The van der Waals surface area contributed by atoms with Crippen molar-refractivity contribution in [3.63, 3.8) is 0 Å². The highest BCUT2D eigenvalue weighted by Crippen LogP contribution is 2.16. The highest BCUT2D eigenvalue weighted by Gasteiger charge is 2.14. The molecule has 0 aliphatic rings. The van der Waals surface area contributed by atoms with Crippen molar-refractivity contribution < 1.29 is 9.26 Å². The molecule has 5 nitrogen and oxygen atoms in total. The third-order valence-corrected chi connectivity index (χ3v) is 4.04. The molecular weight excluding hydrogens is 326 g/mol. The molecule has 0 spiro atoms. The summed E-state index contributed by atoms with van der Waals surface area (Å²) in [6.07, 6.45) is 1.68. The Morgan fingerprint density at radius 3 is 2.69 bits per heavy atom. The second-order valence-corrected chi connectivity index (χ2v) is 6.31. The maximum absolute atomic E-state index is 5.68. The first-order chi connectivity index (χ1) is 12.7. The fourth-order valence-corrected chi connectivity index (χ4v) is 2.62. The van der Waals surface area contributed by atoms with Gasteiger partial charge in [0.15, 0.2) is 5.82 Å². The molecule has 0 fully saturated rings. The Bertz CT molecular complexity index is 802. The number of nitrogens with zero attached hydrogens (tertiary/aromatic N) is 2. The van der Waals surface area contributed by atoms with Gasteiger partial charge in [-0.15, -0.1) is 0 Å². The summed E-state index contributed by atoms with van der Waals surface area (Å²) in [7, 11) is 0. The summed E-state index contributed by atoms with van der Waals surface area (Å²) in [5.41, 5.74) is 2.33. The van der Waals surface area contributed by atoms with Crippen molar-refractivity contribution in [3.05, 3.63) is 77.4 Å². The Labute approximate surface area is 154 Å². The second-order valence-electron chi connectivity index (χ2n) is 6.31. The molecule has 26 heavy (non-hydrogen) atoms. The summed E-state index contributed by atoms with van der Waals surface area (Å²) in [6, 6.07) is 18.3. The molecule has 0 bridgehead atoms. The number of ether oxygens (including phenoxy) is 1. The smallest absolute Gasteiger partial charge is 0.243 e. The van der Waals surface area contributed by atoms with E-state index in [9.17, 15) is 0 Å². The van der Waals surface area contributed by atoms with Crippen molar-refractivity contribution in [1.29, 1.82) is 0 Å². The van der Waals surface area contributed by atoms with Crippen LogP contribution in [0.1, 0.15) is 49.2 Å². The molecule has 136 valence electrons. The Morgan fingerprint density at radius 1 is 1.08 bits per heavy atom. The number of nitrogens with one attached hydrogen (secondary N) is 1. The first kappa shape index (κ1) is 18.1. The molecule has 3 rings (SSSR count). The average Bonchev–Trinajstić information content (AvgIpc) is 3.14. The van der Waals surface area contributed by atoms with Gasteiger partial charge in [0.2, 0.25) is 5.89 Å². The van der Waals surface area contributed by atoms with E-state index < -0.39 is 0 Å². The number of hydrogen-bond acceptors (Lipinski definition) is 5. The first-order valence-corrected chi connectivity index (χ1v) is 9.06. The number of benzene rings is 2. The average molecular weight is 351 g/mol. The minimum absolute atomic E-state index is 0.0211. The molecule has 0 radical (unpaired) electrons. The maximum Gasteiger partial charge on any atom is 0.243 e. The third-order valence-electron chi connectivity index (χ3n) is 4.04. The molecule has 0 saturated heterocycles. The lowest BCUT2D eigenvalue weighted by Crippen LogP contribution is -2.18. The zero-order valence-corrected chi connectivity index (χ0v) is 15.3. The van der Waals surface area contributed by atoms with E-state index in [1.54, 1.807) is 0 Å². The van der Waals surface area contributed by atoms with E-state index in [-0.39, 0.29) is 6.04 Å². The van der Waals surface area contributed by atoms with Crippen LogP contribution in [0.4, 0.5) is 0 Å². The standard InChI is InChI=1S/C21H25N3O2/c1-3-12-25-19-11-7-10-18(13-19)15-22-16(2)21-23-20(24-26-21)14-17-8-5-4-6-9-17/h4-11,13,16,22H,3,12,14-15H2,1-2H3. The molecule has 1 aromatic heterocycles. The van der Waals surface area contributed by atoms with Gasteiger partial charge in [0, 0.05) is 13.0 Å². The molecule has 1 N–H and O–H groups in total. The Kier molecular flexibility index (Phi) is 6.39. The van der Waals surface area contributed by atoms with Crippen LogP contribution in [-0.2, 0) is 13.0 Å². The van der Waals surface area contributed by atoms with Gasteiger partial charge < -0.3 is 14.6 Å². The molecule has 3 aromatic rings. The van der Waals surface area contributed by atoms with Crippen LogP contribution in [0.2, 0.25) is 0 Å². The van der Waals surface area contributed by atoms with Crippen LogP contribution in [-0.4, -0.2) is 16.7 Å². The maximum atomic E-state index is 5.68. The summed E-state index contributed by atoms with van der Waals surface area (Å²) in [4.78, 5) is 4.51. The summed E-state index contributed by atoms with van der Waals surface area (Å²) in [5, 5.41) is 7.51. The third kappa shape index (κ3) is 5.17. The van der Waals surface area contributed by atoms with E-state index in [4.69, 9.17) is 9.26 Å². The summed E-state index contributed by atoms with van der Waals surface area (Å²) < 4.78 is 11.1. The van der Waals surface area contributed by atoms with Gasteiger partial charge in [-0.25, -0.2) is 0 Å². The van der Waals surface area contributed by atoms with Crippen molar-refractivity contribution in [1.82, 2.24) is 15.5 Å². The Hall–Kier alpha value is -2.66. The SMILES string of the molecule is CCCOc1cccc(CNC(C)c2nc(Cc3ccccc3)no2)c1. The zero-order chi connectivity index (χ0) is 18.2. The molecule has 1 unspecified atom stereocenters. The lowest BCUT2D eigenvalue weighted by atomic mass is 10.1. The van der Waals surface area contributed by atoms with E-state index in [1.807, 2.05) is 37.3 Å². The van der Waals surface area contributed by atoms with Crippen molar-refractivity contribution in [2.24, 2.45) is 0 Å². The van der Waals surface area contributed by atoms with Crippen LogP contribution in [0.15, 0.2) is 59.1 Å². The van der Waals surface area contributed by atoms with E-state index in [2.05, 4.69) is 46.6 Å². The molecule has 1 atom stereocenters. The highest BCUT2D eigenvalue weighted by molar-refractivity contribution is 5.28. The van der Waals surface area contributed by atoms with Crippen molar-refractivity contribution >= 4 is 0 Å². The summed E-state index contributed by atoms with van der Waals surface area (Å²) >= 11 is 0. The van der Waals surface area contributed by atoms with Crippen molar-refractivity contribution in [2.45, 2.75) is 39.3 Å². The molecule has 1 heterocycles. The minimum atomic E-state index is -0.0211. The Morgan fingerprint density at radius 2 is 1.88 bits per heavy atom. The normalized spacial score (nSPS) is 12.1. The molecule has 5 heteroatoms. The van der Waals surface area contributed by atoms with Crippen molar-refractivity contribution in [3.8, 4) is 5.75 Å². The zero-order valence-electron chi connectivity index (χ0n) is 15.3. The number of rotatable bonds is 9. The predicted octanol–water partition coefficient (Wildman–Crippen LogP) is 4.30. The fraction of sp³-hybridized carbons (Fsp3) is 0.333. The van der Waals surface area contributed by atoms with E-state index >= 15 is 0 Å². The lowest BCUT2D eigenvalue weighted by molar-refractivity contribution is 0.316. The van der Waals surface area contributed by atoms with Gasteiger partial charge in [-0.2, -0.15) is 4.98 Å². The van der Waals surface area contributed by atoms with Gasteiger partial charge >= 0.3 is 0 Å². The van der Waals surface area contributed by atoms with E-state index in [0.717, 1.165) is 24.3 Å². The second kappa shape index (κ2) is 9.15. The lowest BCUT2D eigenvalue weighted by Gasteiger charge is -2.11. The van der Waals surface area contributed by atoms with Gasteiger partial charge in [-0.1, -0.05) is 54.5 Å². The summed E-state index contributed by atoms with van der Waals surface area (Å²) in [6.45, 7) is 5.57. The van der Waals surface area contributed by atoms with Crippen molar-refractivity contribution in [2.75, 3.05) is 6.61 Å². The van der Waals surface area contributed by atoms with Gasteiger partial charge in [0.05, 0.1) is 12.6 Å². The van der Waals surface area contributed by atoms with Gasteiger partial charge in [0.25, 0.3) is 0 Å². The topological polar surface area (TPSA) is 60.2 Å². The first-order valence-electron chi connectivity index (χ1n) is 9.06. The molecule has 0 amide bonds. The molecule has 0 saturated carbocycles. The van der Waals surface area contributed by atoms with E-state index in [1.165, 1.54) is 5.56 Å². The molecule has 0 aliphatic heterocycles. The predicted molar refractivity (Wildman–Crippen MR) is 101 cm³/mol. The molecule has 0 aliphatic carbocycles. The summed E-state index contributed by atoms with van der Waals surface area (Å²) in [5.74, 6) is 2.21. The molecule has 2 aromatic carbocycles. The number of aromatic nitrogens is 2. The quantitative estimate of drug-likeness (QED) is 0.623. The Balaban J connectivity index is 1.54. The highest BCUT2D eigenvalue weighted by atomic mass is 16.5. The van der Waals surface area contributed by atoms with Crippen LogP contribution in [0.5, 0.6) is 5.75 Å². The largest absolute Gasteiger partial charge is 0.494 e. The van der Waals surface area contributed by atoms with E-state index in [0.29, 0.717) is 24.7 Å². The van der Waals surface area contributed by atoms with Crippen LogP contribution >= 0.6 is 0 Å². The van der Waals surface area contributed by atoms with Crippen LogP contribution in [0.25, 0.3) is 0 Å². The minimum Gasteiger partial charge on any atom is -0.494 e. The molecular formula is C21H25N3O2. The van der Waals surface area contributed by atoms with Gasteiger partial charge in [-0.05, 0) is 36.6 Å². The van der Waals surface area contributed by atoms with Gasteiger partial charge in [-0.3, -0.25) is 0 Å². The fourth-order valence-electron chi connectivity index (χ4n) is 2.62. The van der Waals surface area contributed by atoms with Crippen LogP contribution < -0.4 is 10.1 Å².